The van der Waals surface area contributed by atoms with E-state index >= 15 is 0 Å². The van der Waals surface area contributed by atoms with E-state index in [1.807, 2.05) is 61.5 Å². The predicted octanol–water partition coefficient (Wildman–Crippen LogP) is 4.81. The van der Waals surface area contributed by atoms with Crippen molar-refractivity contribution in [3.05, 3.63) is 72.7 Å². The molecule has 0 unspecified atom stereocenters. The minimum atomic E-state index is 0.520. The van der Waals surface area contributed by atoms with E-state index in [0.29, 0.717) is 16.5 Å². The van der Waals surface area contributed by atoms with Gasteiger partial charge in [0.25, 0.3) is 0 Å². The van der Waals surface area contributed by atoms with Gasteiger partial charge in [0.1, 0.15) is 17.0 Å². The Morgan fingerprint density at radius 3 is 2.69 bits per heavy atom. The molecule has 0 aliphatic carbocycles. The number of fused-ring (bicyclic) bond motifs is 1. The lowest BCUT2D eigenvalue weighted by Crippen LogP contribution is -2.02. The molecular formula is C20H17N5S. The number of hydrogen-bond acceptors (Lipinski definition) is 6. The Balaban J connectivity index is 1.67. The summed E-state index contributed by atoms with van der Waals surface area (Å²) in [5.41, 5.74) is 9.90. The van der Waals surface area contributed by atoms with Crippen molar-refractivity contribution in [2.24, 2.45) is 0 Å². The highest BCUT2D eigenvalue weighted by atomic mass is 32.2. The number of para-hydroxylation sites is 1. The molecular weight excluding hydrogens is 342 g/mol. The fourth-order valence-electron chi connectivity index (χ4n) is 2.68. The Bertz CT molecular complexity index is 1080. The fraction of sp³-hybridized carbons (Fsp3) is 0.0500. The number of anilines is 3. The molecule has 0 atom stereocenters. The third-order valence-corrected chi connectivity index (χ3v) is 5.00. The number of nitrogens with two attached hydrogens (primary N) is 1. The standard InChI is InChI=1S/C20H17N5S/c1-13-5-2-8-15(11-13)25-19-17(21)20(24-12-23-19)26-16-9-3-6-14-7-4-10-22-18(14)16/h2-12H,21H2,1H3,(H,23,24,25). The zero-order valence-corrected chi connectivity index (χ0v) is 15.0. The Labute approximate surface area is 155 Å². The third-order valence-electron chi connectivity index (χ3n) is 3.93. The molecule has 0 radical (unpaired) electrons. The maximum atomic E-state index is 6.33. The van der Waals surface area contributed by atoms with E-state index < -0.39 is 0 Å². The SMILES string of the molecule is Cc1cccc(Nc2ncnc(Sc3cccc4cccnc34)c2N)c1. The Hall–Kier alpha value is -3.12. The summed E-state index contributed by atoms with van der Waals surface area (Å²) in [6.45, 7) is 2.04. The molecule has 0 saturated heterocycles. The molecule has 6 heteroatoms. The summed E-state index contributed by atoms with van der Waals surface area (Å²) in [5.74, 6) is 0.598. The van der Waals surface area contributed by atoms with Gasteiger partial charge in [0.15, 0.2) is 5.82 Å². The number of aromatic nitrogens is 3. The number of hydrogen-bond donors (Lipinski definition) is 2. The second-order valence-electron chi connectivity index (χ2n) is 5.87. The smallest absolute Gasteiger partial charge is 0.158 e. The summed E-state index contributed by atoms with van der Waals surface area (Å²) in [5, 5.41) is 5.06. The van der Waals surface area contributed by atoms with Gasteiger partial charge in [0.2, 0.25) is 0 Å². The Kier molecular flexibility index (Phi) is 4.41. The van der Waals surface area contributed by atoms with Crippen molar-refractivity contribution in [2.45, 2.75) is 16.8 Å². The van der Waals surface area contributed by atoms with Gasteiger partial charge in [-0.05, 0) is 36.8 Å². The number of nitrogens with zero attached hydrogens (tertiary/aromatic N) is 3. The van der Waals surface area contributed by atoms with Crippen molar-refractivity contribution in [1.29, 1.82) is 0 Å². The van der Waals surface area contributed by atoms with Crippen LogP contribution in [0.4, 0.5) is 17.2 Å². The van der Waals surface area contributed by atoms with Crippen molar-refractivity contribution in [1.82, 2.24) is 15.0 Å². The highest BCUT2D eigenvalue weighted by molar-refractivity contribution is 7.99. The van der Waals surface area contributed by atoms with Gasteiger partial charge in [-0.1, -0.05) is 42.1 Å². The summed E-state index contributed by atoms with van der Waals surface area (Å²) in [6.07, 6.45) is 3.32. The van der Waals surface area contributed by atoms with E-state index in [9.17, 15) is 0 Å². The van der Waals surface area contributed by atoms with Crippen molar-refractivity contribution in [3.63, 3.8) is 0 Å². The van der Waals surface area contributed by atoms with Gasteiger partial charge in [-0.15, -0.1) is 0 Å². The minimum absolute atomic E-state index is 0.520. The first-order valence-electron chi connectivity index (χ1n) is 8.16. The summed E-state index contributed by atoms with van der Waals surface area (Å²) < 4.78 is 0. The van der Waals surface area contributed by atoms with E-state index in [4.69, 9.17) is 5.73 Å². The monoisotopic (exact) mass is 359 g/mol. The van der Waals surface area contributed by atoms with Crippen molar-refractivity contribution in [2.75, 3.05) is 11.1 Å². The van der Waals surface area contributed by atoms with Crippen molar-refractivity contribution < 1.29 is 0 Å². The molecule has 0 saturated carbocycles. The summed E-state index contributed by atoms with van der Waals surface area (Å²) >= 11 is 1.49. The van der Waals surface area contributed by atoms with Crippen LogP contribution in [0.5, 0.6) is 0 Å². The van der Waals surface area contributed by atoms with Crippen molar-refractivity contribution in [3.8, 4) is 0 Å². The first-order valence-corrected chi connectivity index (χ1v) is 8.98. The Morgan fingerprint density at radius 1 is 0.962 bits per heavy atom. The molecule has 0 fully saturated rings. The van der Waals surface area contributed by atoms with Crippen LogP contribution in [-0.4, -0.2) is 15.0 Å². The first kappa shape index (κ1) is 16.4. The second kappa shape index (κ2) is 7.01. The van der Waals surface area contributed by atoms with Crippen LogP contribution in [0, 0.1) is 6.92 Å². The van der Waals surface area contributed by atoms with Gasteiger partial charge < -0.3 is 11.1 Å². The van der Waals surface area contributed by atoms with Crippen molar-refractivity contribution >= 4 is 39.9 Å². The number of aryl methyl sites for hydroxylation is 1. The Morgan fingerprint density at radius 2 is 1.81 bits per heavy atom. The zero-order valence-electron chi connectivity index (χ0n) is 14.2. The van der Waals surface area contributed by atoms with Gasteiger partial charge in [-0.2, -0.15) is 0 Å². The highest BCUT2D eigenvalue weighted by Crippen LogP contribution is 2.36. The molecule has 2 aromatic carbocycles. The van der Waals surface area contributed by atoms with Crippen LogP contribution in [0.3, 0.4) is 0 Å². The highest BCUT2D eigenvalue weighted by Gasteiger charge is 2.12. The third kappa shape index (κ3) is 3.32. The lowest BCUT2D eigenvalue weighted by atomic mass is 10.2. The van der Waals surface area contributed by atoms with Crippen LogP contribution in [0.2, 0.25) is 0 Å². The molecule has 0 bridgehead atoms. The molecule has 5 nitrogen and oxygen atoms in total. The van der Waals surface area contributed by atoms with Crippen LogP contribution in [0.15, 0.2) is 77.0 Å². The second-order valence-corrected chi connectivity index (χ2v) is 6.90. The fourth-order valence-corrected chi connectivity index (χ4v) is 3.61. The molecule has 0 amide bonds. The molecule has 0 spiro atoms. The van der Waals surface area contributed by atoms with E-state index in [1.54, 1.807) is 6.20 Å². The normalized spacial score (nSPS) is 10.8. The van der Waals surface area contributed by atoms with E-state index in [1.165, 1.54) is 23.7 Å². The number of benzene rings is 2. The number of nitrogens with one attached hydrogen (secondary N) is 1. The van der Waals surface area contributed by atoms with Crippen LogP contribution < -0.4 is 11.1 Å². The van der Waals surface area contributed by atoms with Gasteiger partial charge in [0.05, 0.1) is 5.52 Å². The quantitative estimate of drug-likeness (QED) is 0.509. The lowest BCUT2D eigenvalue weighted by Gasteiger charge is -2.12. The maximum Gasteiger partial charge on any atom is 0.158 e. The zero-order chi connectivity index (χ0) is 17.9. The number of nitrogen functional groups attached to an aromatic ring is 1. The average molecular weight is 359 g/mol. The van der Waals surface area contributed by atoms with Crippen LogP contribution in [-0.2, 0) is 0 Å². The molecule has 26 heavy (non-hydrogen) atoms. The lowest BCUT2D eigenvalue weighted by molar-refractivity contribution is 1.06. The summed E-state index contributed by atoms with van der Waals surface area (Å²) in [4.78, 5) is 14.1. The predicted molar refractivity (Wildman–Crippen MR) is 107 cm³/mol. The molecule has 0 aliphatic heterocycles. The molecule has 2 heterocycles. The number of rotatable bonds is 4. The van der Waals surface area contributed by atoms with Crippen LogP contribution in [0.1, 0.15) is 5.56 Å². The molecule has 128 valence electrons. The van der Waals surface area contributed by atoms with E-state index in [0.717, 1.165) is 21.5 Å². The number of pyridine rings is 1. The van der Waals surface area contributed by atoms with Gasteiger partial charge in [-0.3, -0.25) is 4.98 Å². The topological polar surface area (TPSA) is 76.7 Å². The van der Waals surface area contributed by atoms with Crippen LogP contribution in [0.25, 0.3) is 10.9 Å². The summed E-state index contributed by atoms with van der Waals surface area (Å²) in [6, 6.07) is 18.1. The molecule has 4 rings (SSSR count). The van der Waals surface area contributed by atoms with Crippen LogP contribution >= 0.6 is 11.8 Å². The summed E-state index contributed by atoms with van der Waals surface area (Å²) in [7, 11) is 0. The van der Waals surface area contributed by atoms with Gasteiger partial charge in [-0.25, -0.2) is 9.97 Å². The molecule has 0 aliphatic rings. The van der Waals surface area contributed by atoms with Gasteiger partial charge in [0, 0.05) is 22.2 Å². The first-order chi connectivity index (χ1) is 12.7. The maximum absolute atomic E-state index is 6.33. The molecule has 2 aromatic heterocycles. The average Bonchev–Trinajstić information content (AvgIpc) is 2.65. The molecule has 3 N–H and O–H groups in total. The molecule has 4 aromatic rings. The minimum Gasteiger partial charge on any atom is -0.394 e. The van der Waals surface area contributed by atoms with E-state index in [2.05, 4.69) is 20.3 Å². The van der Waals surface area contributed by atoms with E-state index in [-0.39, 0.29) is 0 Å². The van der Waals surface area contributed by atoms with Gasteiger partial charge >= 0.3 is 0 Å². The largest absolute Gasteiger partial charge is 0.394 e.